The van der Waals surface area contributed by atoms with Crippen LogP contribution in [-0.4, -0.2) is 53.1 Å². The molecule has 0 aromatic carbocycles. The smallest absolute Gasteiger partial charge is 0.229 e. The Labute approximate surface area is 178 Å². The van der Waals surface area contributed by atoms with Gasteiger partial charge < -0.3 is 19.5 Å². The Balaban J connectivity index is 1.28. The summed E-state index contributed by atoms with van der Waals surface area (Å²) in [6.07, 6.45) is 9.59. The van der Waals surface area contributed by atoms with Gasteiger partial charge in [-0.15, -0.1) is 0 Å². The number of carbonyl (C=O) groups is 2. The first kappa shape index (κ1) is 20.0. The van der Waals surface area contributed by atoms with Gasteiger partial charge in [0.05, 0.1) is 30.2 Å². The molecule has 164 valence electrons. The Bertz CT molecular complexity index is 797. The van der Waals surface area contributed by atoms with Crippen LogP contribution in [0.4, 0.5) is 0 Å². The van der Waals surface area contributed by atoms with E-state index in [1.54, 1.807) is 7.11 Å². The number of nitrogens with one attached hydrogen (secondary N) is 1. The van der Waals surface area contributed by atoms with Crippen molar-refractivity contribution in [3.63, 3.8) is 0 Å². The molecule has 0 saturated heterocycles. The summed E-state index contributed by atoms with van der Waals surface area (Å²) in [6, 6.07) is -0.0374. The first-order valence-corrected chi connectivity index (χ1v) is 11.6. The summed E-state index contributed by atoms with van der Waals surface area (Å²) < 4.78 is 7.10. The fourth-order valence-electron chi connectivity index (χ4n) is 7.11. The summed E-state index contributed by atoms with van der Waals surface area (Å²) >= 11 is 0. The molecule has 4 saturated carbocycles. The summed E-state index contributed by atoms with van der Waals surface area (Å²) in [5, 5.41) is 2.85. The Kier molecular flexibility index (Phi) is 5.12. The van der Waals surface area contributed by atoms with E-state index in [4.69, 9.17) is 9.72 Å². The highest BCUT2D eigenvalue weighted by molar-refractivity contribution is 5.84. The molecule has 2 heterocycles. The van der Waals surface area contributed by atoms with Gasteiger partial charge >= 0.3 is 0 Å². The van der Waals surface area contributed by atoms with Crippen LogP contribution in [0.5, 0.6) is 0 Å². The molecule has 4 aliphatic carbocycles. The van der Waals surface area contributed by atoms with Crippen molar-refractivity contribution < 1.29 is 14.3 Å². The highest BCUT2D eigenvalue weighted by Gasteiger charge is 2.56. The van der Waals surface area contributed by atoms with Gasteiger partial charge in [0.1, 0.15) is 5.82 Å². The lowest BCUT2D eigenvalue weighted by atomic mass is 9.49. The summed E-state index contributed by atoms with van der Waals surface area (Å²) in [4.78, 5) is 32.8. The first-order valence-electron chi connectivity index (χ1n) is 11.6. The van der Waals surface area contributed by atoms with Crippen molar-refractivity contribution in [2.24, 2.45) is 23.2 Å². The van der Waals surface area contributed by atoms with Crippen LogP contribution < -0.4 is 5.32 Å². The molecule has 4 bridgehead atoms. The first-order chi connectivity index (χ1) is 14.5. The van der Waals surface area contributed by atoms with E-state index >= 15 is 0 Å². The third-order valence-electron chi connectivity index (χ3n) is 8.00. The number of rotatable bonds is 6. The van der Waals surface area contributed by atoms with Crippen LogP contribution in [0.15, 0.2) is 6.20 Å². The van der Waals surface area contributed by atoms with Crippen LogP contribution in [0.1, 0.15) is 63.0 Å². The van der Waals surface area contributed by atoms with Crippen molar-refractivity contribution >= 4 is 11.8 Å². The van der Waals surface area contributed by atoms with Gasteiger partial charge in [-0.25, -0.2) is 4.98 Å². The van der Waals surface area contributed by atoms with E-state index in [2.05, 4.69) is 21.7 Å². The average Bonchev–Trinajstić information content (AvgIpc) is 3.10. The molecule has 0 radical (unpaired) electrons. The summed E-state index contributed by atoms with van der Waals surface area (Å²) in [6.45, 7) is 4.61. The van der Waals surface area contributed by atoms with Crippen LogP contribution in [0, 0.1) is 23.2 Å². The van der Waals surface area contributed by atoms with Gasteiger partial charge in [-0.05, 0) is 63.2 Å². The van der Waals surface area contributed by atoms with Crippen LogP contribution in [0.3, 0.4) is 0 Å². The average molecular weight is 415 g/mol. The lowest BCUT2D eigenvalue weighted by Gasteiger charge is -2.57. The molecular formula is C23H34N4O3. The maximum Gasteiger partial charge on any atom is 0.229 e. The quantitative estimate of drug-likeness (QED) is 0.725. The Morgan fingerprint density at radius 3 is 2.47 bits per heavy atom. The molecule has 6 rings (SSSR count). The van der Waals surface area contributed by atoms with E-state index in [0.29, 0.717) is 19.1 Å². The molecule has 30 heavy (non-hydrogen) atoms. The van der Waals surface area contributed by atoms with Crippen molar-refractivity contribution in [1.82, 2.24) is 19.8 Å². The molecule has 2 amide bonds. The van der Waals surface area contributed by atoms with E-state index in [0.717, 1.165) is 61.6 Å². The maximum atomic E-state index is 13.8. The van der Waals surface area contributed by atoms with Crippen molar-refractivity contribution in [3.8, 4) is 0 Å². The minimum atomic E-state index is -0.109. The second kappa shape index (κ2) is 7.66. The van der Waals surface area contributed by atoms with E-state index in [9.17, 15) is 9.59 Å². The highest BCUT2D eigenvalue weighted by Crippen LogP contribution is 2.61. The topological polar surface area (TPSA) is 76.5 Å². The number of nitrogens with zero attached hydrogens (tertiary/aromatic N) is 3. The molecule has 7 heteroatoms. The predicted molar refractivity (Wildman–Crippen MR) is 112 cm³/mol. The van der Waals surface area contributed by atoms with Crippen molar-refractivity contribution in [1.29, 1.82) is 0 Å². The molecule has 4 fully saturated rings. The van der Waals surface area contributed by atoms with Crippen LogP contribution in [0.2, 0.25) is 0 Å². The van der Waals surface area contributed by atoms with Gasteiger partial charge in [0, 0.05) is 32.9 Å². The zero-order chi connectivity index (χ0) is 20.9. The fourth-order valence-corrected chi connectivity index (χ4v) is 7.11. The minimum Gasteiger partial charge on any atom is -0.383 e. The normalized spacial score (nSPS) is 34.1. The third-order valence-corrected chi connectivity index (χ3v) is 8.00. The molecule has 1 atom stereocenters. The minimum absolute atomic E-state index is 0.0374. The van der Waals surface area contributed by atoms with Crippen molar-refractivity contribution in [3.05, 3.63) is 17.7 Å². The highest BCUT2D eigenvalue weighted by atomic mass is 16.5. The van der Waals surface area contributed by atoms with Crippen molar-refractivity contribution in [2.45, 2.75) is 64.5 Å². The number of carbonyl (C=O) groups excluding carboxylic acids is 2. The molecule has 1 aromatic rings. The Morgan fingerprint density at radius 2 is 1.83 bits per heavy atom. The molecule has 5 aliphatic rings. The molecule has 1 unspecified atom stereocenters. The number of hydrogen-bond acceptors (Lipinski definition) is 4. The van der Waals surface area contributed by atoms with Gasteiger partial charge in [-0.1, -0.05) is 0 Å². The Hall–Kier alpha value is -1.89. The van der Waals surface area contributed by atoms with Gasteiger partial charge in [-0.3, -0.25) is 9.59 Å². The SMILES string of the molecule is COCCNC(=O)Cc1cn2c(n1)C(C)N(C(=O)C13CC4CC(CC(C4)C1)C3)CC2. The van der Waals surface area contributed by atoms with Crippen LogP contribution in [-0.2, 0) is 27.3 Å². The molecular weight excluding hydrogens is 380 g/mol. The standard InChI is InChI=1S/C23H34N4O3/c1-15-21-25-19(10-20(28)24-3-6-30-2)14-26(21)4-5-27(15)22(29)23-11-16-7-17(12-23)9-18(8-16)13-23/h14-18H,3-13H2,1-2H3,(H,24,28). The number of ether oxygens (including phenoxy) is 1. The summed E-state index contributed by atoms with van der Waals surface area (Å²) in [5.74, 6) is 3.55. The van der Waals surface area contributed by atoms with Gasteiger partial charge in [0.15, 0.2) is 0 Å². The number of fused-ring (bicyclic) bond motifs is 1. The molecule has 1 aliphatic heterocycles. The van der Waals surface area contributed by atoms with Crippen molar-refractivity contribution in [2.75, 3.05) is 26.8 Å². The van der Waals surface area contributed by atoms with E-state index in [1.807, 2.05) is 6.20 Å². The summed E-state index contributed by atoms with van der Waals surface area (Å²) in [5.41, 5.74) is 0.665. The van der Waals surface area contributed by atoms with Crippen LogP contribution in [0.25, 0.3) is 0 Å². The zero-order valence-electron chi connectivity index (χ0n) is 18.2. The molecule has 0 spiro atoms. The monoisotopic (exact) mass is 414 g/mol. The van der Waals surface area contributed by atoms with E-state index in [-0.39, 0.29) is 23.8 Å². The number of aromatic nitrogens is 2. The second-order valence-corrected chi connectivity index (χ2v) is 10.2. The number of methoxy groups -OCH3 is 1. The molecule has 1 N–H and O–H groups in total. The second-order valence-electron chi connectivity index (χ2n) is 10.2. The molecule has 1 aromatic heterocycles. The lowest BCUT2D eigenvalue weighted by Crippen LogP contribution is -2.56. The fraction of sp³-hybridized carbons (Fsp3) is 0.783. The van der Waals surface area contributed by atoms with Gasteiger partial charge in [0.2, 0.25) is 11.8 Å². The number of hydrogen-bond donors (Lipinski definition) is 1. The van der Waals surface area contributed by atoms with Gasteiger partial charge in [-0.2, -0.15) is 0 Å². The van der Waals surface area contributed by atoms with Gasteiger partial charge in [0.25, 0.3) is 0 Å². The largest absolute Gasteiger partial charge is 0.383 e. The van der Waals surface area contributed by atoms with E-state index < -0.39 is 0 Å². The summed E-state index contributed by atoms with van der Waals surface area (Å²) in [7, 11) is 1.62. The maximum absolute atomic E-state index is 13.8. The molecule has 7 nitrogen and oxygen atoms in total. The zero-order valence-corrected chi connectivity index (χ0v) is 18.2. The van der Waals surface area contributed by atoms with E-state index in [1.165, 1.54) is 19.3 Å². The number of imidazole rings is 1. The number of amides is 2. The predicted octanol–water partition coefficient (Wildman–Crippen LogP) is 2.31. The lowest BCUT2D eigenvalue weighted by molar-refractivity contribution is -0.161. The van der Waals surface area contributed by atoms with Crippen LogP contribution >= 0.6 is 0 Å². The Morgan fingerprint density at radius 1 is 1.17 bits per heavy atom. The third kappa shape index (κ3) is 3.45.